The van der Waals surface area contributed by atoms with E-state index in [4.69, 9.17) is 34.1 Å². The highest BCUT2D eigenvalue weighted by molar-refractivity contribution is 6.07. The standard InChI is InChI=1S/C24H25F3N4O5.C23H21F3N4O4.C23H22N4O4.C22H20F4N4O4/c1-14(6-8-32)31-18-12-20(35-2)19(30-7-9-36-13-21(30)33)11-17(18)28-23(31)29-22(34)15-4-3-5-16(10-15)24(25,26)27;24-23(25,26)15-4-1-3-13(9-15)20(32)28-21-27-17-11-16(29-7-2-8-34-22(29)33)5-6-18(17)30(21)19-10-14(19)12-31;24-14-16-3-1-4-17(11-16)21(29)13-22-25-19-12-18(26-8-10-31-15-23(26)30)5-6-20(19)27(22)7-2-9-28;23-15(12-31)11-30-18-6-5-16(29-7-2-8-34-21(29)33)10-17(18)27-20(30)28-19(32)13-3-1-4-14(9-13)22(24,25)26/h3-5,10-12,14,32H,6-9,13H2,1-2H3,(H,28,29,34);1,3-6,9,11,14,19,31H,2,7-8,10,12H2,(H,27,28,32);1,3-6,11-13,28-29H,2,7-10,15H2;1,3-6,9-10,15,31H,2,7-8,11-12H2,(H,27,28,32)/t14-;14-,19+;;/m10../s1. The molecule has 0 radical (unpaired) electrons. The Hall–Kier alpha value is -14.6. The number of aliphatic hydroxyl groups is 5. The molecule has 0 bridgehead atoms. The van der Waals surface area contributed by atoms with Gasteiger partial charge < -0.3 is 77.3 Å². The van der Waals surface area contributed by atoms with Crippen molar-refractivity contribution in [3.05, 3.63) is 214 Å². The van der Waals surface area contributed by atoms with E-state index in [1.807, 2.05) is 29.7 Å². The van der Waals surface area contributed by atoms with Gasteiger partial charge in [-0.2, -0.15) is 44.8 Å². The van der Waals surface area contributed by atoms with Crippen LogP contribution in [-0.4, -0.2) is 211 Å². The van der Waals surface area contributed by atoms with Gasteiger partial charge in [0, 0.05) is 122 Å². The molecule has 0 spiro atoms. The number of hydrogen-bond acceptors (Lipinski definition) is 22. The fraction of sp³-hybridized carbons (Fsp3) is 0.326. The van der Waals surface area contributed by atoms with Gasteiger partial charge in [0.25, 0.3) is 29.5 Å². The van der Waals surface area contributed by atoms with Gasteiger partial charge in [0.2, 0.25) is 17.8 Å². The van der Waals surface area contributed by atoms with Crippen molar-refractivity contribution < 1.29 is 127 Å². The molecular formula is C92H88F10N16O17. The summed E-state index contributed by atoms with van der Waals surface area (Å²) in [5.41, 5.74) is 4.18. The largest absolute Gasteiger partial charge is 0.507 e. The van der Waals surface area contributed by atoms with Crippen LogP contribution in [0.15, 0.2) is 164 Å². The van der Waals surface area contributed by atoms with Crippen LogP contribution >= 0.6 is 0 Å². The zero-order valence-corrected chi connectivity index (χ0v) is 72.1. The van der Waals surface area contributed by atoms with Crippen LogP contribution in [0.2, 0.25) is 0 Å². The highest BCUT2D eigenvalue weighted by Gasteiger charge is 2.42. The first kappa shape index (κ1) is 96.5. The number of anilines is 7. The zero-order valence-electron chi connectivity index (χ0n) is 72.1. The highest BCUT2D eigenvalue weighted by Crippen LogP contribution is 2.48. The number of imidazole rings is 4. The number of cyclic esters (lactones) is 2. The number of methoxy groups -OCH3 is 1. The molecule has 5 fully saturated rings. The van der Waals surface area contributed by atoms with Crippen LogP contribution < -0.4 is 40.3 Å². The molecule has 33 nitrogen and oxygen atoms in total. The van der Waals surface area contributed by atoms with Crippen molar-refractivity contribution in [3.8, 4) is 11.8 Å². The van der Waals surface area contributed by atoms with Gasteiger partial charge in [-0.3, -0.25) is 49.7 Å². The van der Waals surface area contributed by atoms with E-state index >= 15 is 0 Å². The van der Waals surface area contributed by atoms with Crippen LogP contribution in [0.1, 0.15) is 116 Å². The van der Waals surface area contributed by atoms with E-state index in [0.29, 0.717) is 176 Å². The summed E-state index contributed by atoms with van der Waals surface area (Å²) in [6, 6.07) is 39.3. The molecule has 8 N–H and O–H groups in total. The number of aromatic nitrogens is 8. The van der Waals surface area contributed by atoms with Gasteiger partial charge in [0.1, 0.15) is 36.7 Å². The molecule has 135 heavy (non-hydrogen) atoms. The van der Waals surface area contributed by atoms with E-state index < -0.39 is 77.9 Å². The lowest BCUT2D eigenvalue weighted by atomic mass is 10.1. The lowest BCUT2D eigenvalue weighted by molar-refractivity contribution is -0.138. The lowest BCUT2D eigenvalue weighted by Gasteiger charge is -2.28. The molecule has 4 saturated heterocycles. The zero-order chi connectivity index (χ0) is 96.3. The maximum Gasteiger partial charge on any atom is 0.416 e. The molecule has 4 aliphatic heterocycles. The number of rotatable bonds is 24. The third-order valence-electron chi connectivity index (χ3n) is 22.4. The van der Waals surface area contributed by atoms with Gasteiger partial charge in [-0.25, -0.2) is 33.9 Å². The fourth-order valence-corrected chi connectivity index (χ4v) is 15.6. The molecule has 8 heterocycles. The predicted octanol–water partition coefficient (Wildman–Crippen LogP) is 14.5. The molecule has 4 aromatic heterocycles. The number of carbonyl (C=O) groups excluding carboxylic acids is 7. The van der Waals surface area contributed by atoms with Crippen molar-refractivity contribution in [2.45, 2.75) is 88.9 Å². The number of carbonyl (C=O) groups is 7. The van der Waals surface area contributed by atoms with Crippen molar-refractivity contribution in [2.75, 3.05) is 135 Å². The van der Waals surface area contributed by atoms with Crippen LogP contribution in [0.25, 0.3) is 56.0 Å². The van der Waals surface area contributed by atoms with Crippen LogP contribution in [0.5, 0.6) is 5.75 Å². The van der Waals surface area contributed by atoms with Gasteiger partial charge >= 0.3 is 30.7 Å². The minimum Gasteiger partial charge on any atom is -0.507 e. The van der Waals surface area contributed by atoms with Crippen LogP contribution in [0, 0.1) is 17.2 Å². The first-order chi connectivity index (χ1) is 64.7. The molecule has 12 aromatic rings. The number of hydrogen-bond donors (Lipinski definition) is 8. The third-order valence-corrected chi connectivity index (χ3v) is 22.4. The topological polar surface area (TPSA) is 411 Å². The molecule has 1 unspecified atom stereocenters. The summed E-state index contributed by atoms with van der Waals surface area (Å²) in [6.07, 6.45) is -12.0. The monoisotopic (exact) mass is 1880 g/mol. The number of nitrogens with zero attached hydrogens (tertiary/aromatic N) is 13. The SMILES string of the molecule is COc1cc2c(cc1N1CCOCC1=O)nc(NC(=O)c1cccc(C(F)(F)F)c1)n2[C@H](C)CCO.N#Cc1cccc(C(O)=Cc2nc3cc(N4CCOCC4=O)ccc3n2CCCO)c1.O=C(Nc1nc2cc(N3CCCOC3=O)ccc2n1CC(F)CO)c1cccc(C(F)(F)F)c1.O=C(Nc1nc2cc(N3CCCOC3=O)ccc2n1[C@@H]1C[C@H]1CO)c1cccc(C(F)(F)F)c1. The number of alkyl halides is 10. The molecular weight excluding hydrogens is 1790 g/mol. The molecule has 708 valence electrons. The molecule has 7 amide bonds. The summed E-state index contributed by atoms with van der Waals surface area (Å²) in [6.45, 7) is 4.28. The first-order valence-electron chi connectivity index (χ1n) is 42.4. The number of morpholine rings is 2. The minimum atomic E-state index is -4.63. The molecule has 5 aliphatic rings. The van der Waals surface area contributed by atoms with E-state index in [1.165, 1.54) is 50.6 Å². The van der Waals surface area contributed by atoms with Gasteiger partial charge in [0.05, 0.1) is 125 Å². The number of nitrogens with one attached hydrogen (secondary N) is 3. The Morgan fingerprint density at radius 3 is 1.53 bits per heavy atom. The lowest BCUT2D eigenvalue weighted by Crippen LogP contribution is -2.41. The third kappa shape index (κ3) is 22.3. The van der Waals surface area contributed by atoms with E-state index in [-0.39, 0.29) is 110 Å². The Balaban J connectivity index is 0.000000144. The van der Waals surface area contributed by atoms with Crippen LogP contribution in [0.4, 0.5) is 94.1 Å². The Kier molecular flexibility index (Phi) is 29.8. The number of nitriles is 1. The van der Waals surface area contributed by atoms with Gasteiger partial charge in [0.15, 0.2) is 0 Å². The van der Waals surface area contributed by atoms with Crippen molar-refractivity contribution in [3.63, 3.8) is 0 Å². The summed E-state index contributed by atoms with van der Waals surface area (Å²) >= 11 is 0. The first-order valence-corrected chi connectivity index (χ1v) is 42.4. The average Bonchev–Trinajstić information content (AvgIpc) is 1.58. The Bertz CT molecular complexity index is 6520. The summed E-state index contributed by atoms with van der Waals surface area (Å²) in [5.74, 6) is -1.70. The van der Waals surface area contributed by atoms with E-state index in [9.17, 15) is 97.9 Å². The highest BCUT2D eigenvalue weighted by atomic mass is 19.4. The Labute approximate surface area is 760 Å². The second-order valence-corrected chi connectivity index (χ2v) is 31.5. The van der Waals surface area contributed by atoms with Crippen LogP contribution in [0.3, 0.4) is 0 Å². The van der Waals surface area contributed by atoms with Gasteiger partial charge in [-0.15, -0.1) is 0 Å². The number of ether oxygens (including phenoxy) is 5. The minimum absolute atomic E-state index is 0.0127. The van der Waals surface area contributed by atoms with E-state index in [2.05, 4.69) is 42.0 Å². The van der Waals surface area contributed by atoms with Gasteiger partial charge in [-0.05, 0) is 166 Å². The normalized spacial score (nSPS) is 16.5. The molecule has 1 saturated carbocycles. The number of amides is 7. The average molecular weight is 1880 g/mol. The molecule has 43 heteroatoms. The molecule has 1 aliphatic carbocycles. The maximum absolute atomic E-state index is 14.1. The van der Waals surface area contributed by atoms with Crippen molar-refractivity contribution in [1.29, 1.82) is 5.26 Å². The fourth-order valence-electron chi connectivity index (χ4n) is 15.6. The van der Waals surface area contributed by atoms with Gasteiger partial charge in [-0.1, -0.05) is 30.3 Å². The Morgan fingerprint density at radius 1 is 0.548 bits per heavy atom. The number of aryl methyl sites for hydroxylation is 1. The van der Waals surface area contributed by atoms with Crippen LogP contribution in [-0.2, 0) is 60.2 Å². The summed E-state index contributed by atoms with van der Waals surface area (Å²) in [5, 5.41) is 64.9. The summed E-state index contributed by atoms with van der Waals surface area (Å²) in [4.78, 5) is 111. The smallest absolute Gasteiger partial charge is 0.416 e. The summed E-state index contributed by atoms with van der Waals surface area (Å²) in [7, 11) is 1.46. The van der Waals surface area contributed by atoms with Crippen molar-refractivity contribution in [1.82, 2.24) is 38.2 Å². The molecule has 4 atom stereocenters. The molecule has 17 rings (SSSR count). The number of fused-ring (bicyclic) bond motifs is 4. The molecule has 8 aromatic carbocycles. The number of halogens is 10. The quantitative estimate of drug-likeness (QED) is 0.0206. The van der Waals surface area contributed by atoms with E-state index in [0.717, 1.165) is 53.7 Å². The second kappa shape index (κ2) is 41.7. The number of aliphatic hydroxyl groups excluding tert-OH is 5. The van der Waals surface area contributed by atoms with Crippen molar-refractivity contribution >= 4 is 138 Å². The Morgan fingerprint density at radius 2 is 1.03 bits per heavy atom. The maximum atomic E-state index is 14.1. The second-order valence-electron chi connectivity index (χ2n) is 31.5. The van der Waals surface area contributed by atoms with Crippen molar-refractivity contribution in [2.24, 2.45) is 5.92 Å². The summed E-state index contributed by atoms with van der Waals surface area (Å²) < 4.78 is 164. The predicted molar refractivity (Wildman–Crippen MR) is 473 cm³/mol. The van der Waals surface area contributed by atoms with E-state index in [1.54, 1.807) is 92.9 Å². The number of benzene rings is 8.